The Morgan fingerprint density at radius 1 is 1.24 bits per heavy atom. The lowest BCUT2D eigenvalue weighted by Crippen LogP contribution is -2.32. The minimum absolute atomic E-state index is 0.602. The van der Waals surface area contributed by atoms with Crippen LogP contribution in [-0.4, -0.2) is 49.7 Å². The molecule has 11 heteroatoms. The molecule has 0 aromatic heterocycles. The Balaban J connectivity index is 6.16. The van der Waals surface area contributed by atoms with Crippen molar-refractivity contribution in [3.05, 3.63) is 11.8 Å². The second-order valence-corrected chi connectivity index (χ2v) is 6.70. The largest absolute Gasteiger partial charge is 0.374 e. The molecule has 0 saturated heterocycles. The highest BCUT2D eigenvalue weighted by Crippen LogP contribution is 2.70. The number of aliphatic imine (C=N–C) groups is 2. The number of nitrogens with zero attached hydrogens (tertiary/aromatic N) is 2. The summed E-state index contributed by atoms with van der Waals surface area (Å²) in [5.74, 6) is 0. The predicted octanol–water partition coefficient (Wildman–Crippen LogP) is -0.727. The first-order chi connectivity index (χ1) is 7.52. The second-order valence-electron chi connectivity index (χ2n) is 2.88. The van der Waals surface area contributed by atoms with Gasteiger partial charge in [0, 0.05) is 25.0 Å². The normalized spacial score (nSPS) is 15.3. The Bertz CT molecular complexity index is 423. The molecule has 98 valence electrons. The topological polar surface area (TPSA) is 160 Å². The van der Waals surface area contributed by atoms with E-state index in [1.54, 1.807) is 0 Å². The Morgan fingerprint density at radius 2 is 1.65 bits per heavy atom. The molecule has 5 N–H and O–H groups in total. The van der Waals surface area contributed by atoms with Crippen LogP contribution in [-0.2, 0) is 9.13 Å². The third-order valence-corrected chi connectivity index (χ3v) is 5.40. The third kappa shape index (κ3) is 3.17. The van der Waals surface area contributed by atoms with Crippen molar-refractivity contribution >= 4 is 28.1 Å². The molecule has 0 amide bonds. The zero-order valence-corrected chi connectivity index (χ0v) is 10.5. The van der Waals surface area contributed by atoms with Crippen LogP contribution >= 0.6 is 15.2 Å². The van der Waals surface area contributed by atoms with E-state index in [-0.39, 0.29) is 0 Å². The number of aliphatic hydroxyl groups is 1. The lowest BCUT2D eigenvalue weighted by Gasteiger charge is -2.29. The summed E-state index contributed by atoms with van der Waals surface area (Å²) >= 11 is 0. The van der Waals surface area contributed by atoms with E-state index >= 15 is 0 Å². The van der Waals surface area contributed by atoms with Crippen molar-refractivity contribution in [2.45, 2.75) is 5.08 Å². The van der Waals surface area contributed by atoms with Crippen LogP contribution < -0.4 is 0 Å². The molecule has 0 saturated carbocycles. The predicted molar refractivity (Wildman–Crippen MR) is 61.1 cm³/mol. The summed E-state index contributed by atoms with van der Waals surface area (Å²) in [6.07, 6.45) is 1.28. The van der Waals surface area contributed by atoms with E-state index in [9.17, 15) is 14.2 Å². The van der Waals surface area contributed by atoms with Crippen LogP contribution in [0.4, 0.5) is 0 Å². The van der Waals surface area contributed by atoms with Crippen LogP contribution in [0.15, 0.2) is 21.8 Å². The molecular weight excluding hydrogens is 274 g/mol. The molecule has 0 bridgehead atoms. The molecular formula is C6H12N2O7P2. The van der Waals surface area contributed by atoms with Gasteiger partial charge in [0.05, 0.1) is 0 Å². The zero-order chi connectivity index (χ0) is 13.9. The minimum Gasteiger partial charge on any atom is -0.364 e. The molecule has 17 heavy (non-hydrogen) atoms. The molecule has 0 heterocycles. The molecule has 0 aliphatic rings. The maximum Gasteiger partial charge on any atom is 0.374 e. The average Bonchev–Trinajstić information content (AvgIpc) is 2.12. The van der Waals surface area contributed by atoms with Crippen LogP contribution in [0.1, 0.15) is 0 Å². The van der Waals surface area contributed by atoms with Crippen molar-refractivity contribution in [3.8, 4) is 0 Å². The van der Waals surface area contributed by atoms with Gasteiger partial charge in [-0.2, -0.15) is 0 Å². The quantitative estimate of drug-likeness (QED) is 0.329. The maximum absolute atomic E-state index is 11.1. The van der Waals surface area contributed by atoms with Gasteiger partial charge < -0.3 is 24.7 Å². The number of hydrogen-bond donors (Lipinski definition) is 5. The Hall–Kier alpha value is -0.660. The molecule has 0 spiro atoms. The summed E-state index contributed by atoms with van der Waals surface area (Å²) in [7, 11) is -9.98. The highest BCUT2D eigenvalue weighted by atomic mass is 31.2. The smallest absolute Gasteiger partial charge is 0.364 e. The Labute approximate surface area is 96.6 Å². The molecule has 0 aromatic rings. The van der Waals surface area contributed by atoms with Gasteiger partial charge in [0.15, 0.2) is 0 Å². The molecule has 0 atom stereocenters. The lowest BCUT2D eigenvalue weighted by atomic mass is 10.3. The van der Waals surface area contributed by atoms with Gasteiger partial charge >= 0.3 is 15.2 Å². The fourth-order valence-electron chi connectivity index (χ4n) is 0.950. The first-order valence-corrected chi connectivity index (χ1v) is 7.17. The van der Waals surface area contributed by atoms with Crippen molar-refractivity contribution in [1.29, 1.82) is 0 Å². The molecule has 0 aliphatic carbocycles. The Morgan fingerprint density at radius 3 is 1.88 bits per heavy atom. The van der Waals surface area contributed by atoms with Crippen LogP contribution in [0.3, 0.4) is 0 Å². The van der Waals surface area contributed by atoms with Gasteiger partial charge in [0.2, 0.25) is 0 Å². The maximum atomic E-state index is 11.1. The van der Waals surface area contributed by atoms with Gasteiger partial charge in [0.1, 0.15) is 0 Å². The highest BCUT2D eigenvalue weighted by molar-refractivity contribution is 7.72. The Kier molecular flexibility index (Phi) is 5.12. The minimum atomic E-state index is -5.58. The monoisotopic (exact) mass is 286 g/mol. The van der Waals surface area contributed by atoms with Crippen LogP contribution in [0.2, 0.25) is 0 Å². The van der Waals surface area contributed by atoms with Gasteiger partial charge in [-0.3, -0.25) is 19.1 Å². The average molecular weight is 286 g/mol. The second kappa shape index (κ2) is 5.32. The zero-order valence-electron chi connectivity index (χ0n) is 8.70. The summed E-state index contributed by atoms with van der Waals surface area (Å²) in [4.78, 5) is 42.0. The molecule has 0 unspecified atom stereocenters. The molecule has 9 nitrogen and oxygen atoms in total. The third-order valence-electron chi connectivity index (χ3n) is 1.70. The van der Waals surface area contributed by atoms with Crippen molar-refractivity contribution in [2.24, 2.45) is 9.98 Å². The van der Waals surface area contributed by atoms with E-state index in [2.05, 4.69) is 16.7 Å². The van der Waals surface area contributed by atoms with Crippen LogP contribution in [0.25, 0.3) is 0 Å². The van der Waals surface area contributed by atoms with E-state index in [4.69, 9.17) is 19.6 Å². The van der Waals surface area contributed by atoms with Gasteiger partial charge in [0.25, 0.3) is 5.08 Å². The summed E-state index contributed by atoms with van der Waals surface area (Å²) in [6.45, 7) is 2.96. The molecule has 0 rings (SSSR count). The molecule has 0 radical (unpaired) electrons. The SMILES string of the molecule is C=NC=C(C=NC)C(O)(P(=O)(O)O)P(=O)(O)O. The summed E-state index contributed by atoms with van der Waals surface area (Å²) in [5.41, 5.74) is -0.836. The fourth-order valence-corrected chi connectivity index (χ4v) is 3.21. The van der Waals surface area contributed by atoms with Crippen LogP contribution in [0.5, 0.6) is 0 Å². The number of rotatable bonds is 5. The highest BCUT2D eigenvalue weighted by Gasteiger charge is 2.61. The van der Waals surface area contributed by atoms with E-state index in [1.165, 1.54) is 7.05 Å². The lowest BCUT2D eigenvalue weighted by molar-refractivity contribution is 0.163. The van der Waals surface area contributed by atoms with Crippen LogP contribution in [0, 0.1) is 0 Å². The number of hydrogen-bond acceptors (Lipinski definition) is 5. The van der Waals surface area contributed by atoms with E-state index in [0.717, 1.165) is 0 Å². The fraction of sp³-hybridized carbons (Fsp3) is 0.333. The van der Waals surface area contributed by atoms with Crippen molar-refractivity contribution in [1.82, 2.24) is 0 Å². The van der Waals surface area contributed by atoms with Gasteiger partial charge in [-0.25, -0.2) is 0 Å². The van der Waals surface area contributed by atoms with Gasteiger partial charge in [-0.05, 0) is 6.72 Å². The summed E-state index contributed by atoms with van der Waals surface area (Å²) in [5, 5.41) is 5.94. The van der Waals surface area contributed by atoms with Crippen molar-refractivity contribution in [2.75, 3.05) is 7.05 Å². The standard InChI is InChI=1S/C6H12N2O7P2/c1-7-3-5(4-8-2)6(9,16(10,11)12)17(13,14)15/h3-4,9H,1H2,2H3,(H2,10,11,12)(H2,13,14,15). The van der Waals surface area contributed by atoms with Crippen molar-refractivity contribution in [3.63, 3.8) is 0 Å². The van der Waals surface area contributed by atoms with Crippen molar-refractivity contribution < 1.29 is 33.8 Å². The molecule has 0 aliphatic heterocycles. The van der Waals surface area contributed by atoms with E-state index < -0.39 is 25.8 Å². The molecule has 0 aromatic carbocycles. The van der Waals surface area contributed by atoms with Gasteiger partial charge in [-0.15, -0.1) is 0 Å². The summed E-state index contributed by atoms with van der Waals surface area (Å²) < 4.78 is 22.2. The van der Waals surface area contributed by atoms with E-state index in [0.29, 0.717) is 12.4 Å². The first kappa shape index (κ1) is 16.3. The first-order valence-electron chi connectivity index (χ1n) is 3.94. The van der Waals surface area contributed by atoms with Gasteiger partial charge in [-0.1, -0.05) is 0 Å². The van der Waals surface area contributed by atoms with E-state index in [1.807, 2.05) is 0 Å². The summed E-state index contributed by atoms with van der Waals surface area (Å²) in [6, 6.07) is 0. The molecule has 0 fully saturated rings.